The first-order chi connectivity index (χ1) is 13.8. The van der Waals surface area contributed by atoms with E-state index in [1.807, 2.05) is 4.90 Å². The van der Waals surface area contributed by atoms with Crippen LogP contribution in [0.2, 0.25) is 0 Å². The molecule has 154 valence electrons. The monoisotopic (exact) mass is 406 g/mol. The molecular weight excluding hydrogens is 385 g/mol. The molecule has 1 saturated heterocycles. The fourth-order valence-corrected chi connectivity index (χ4v) is 3.76. The number of rotatable bonds is 4. The van der Waals surface area contributed by atoms with Crippen LogP contribution in [0, 0.1) is 0 Å². The Morgan fingerprint density at radius 3 is 2.45 bits per heavy atom. The summed E-state index contributed by atoms with van der Waals surface area (Å²) in [6, 6.07) is 10.3. The first-order valence-corrected chi connectivity index (χ1v) is 9.38. The molecule has 4 rings (SSSR count). The fourth-order valence-electron chi connectivity index (χ4n) is 3.76. The standard InChI is InChI=1S/C20H21F3N4O2/c21-20(22,23)14-3-1-4-15(13-14)26-10-7-25(8-11-26)9-12-27-18-16(24-19(27)29)5-2-6-17(18)28/h1-6,13,28H,7-12H2,(H,24,29). The number of phenolic OH excluding ortho intramolecular Hbond substituents is 1. The highest BCUT2D eigenvalue weighted by Gasteiger charge is 2.31. The van der Waals surface area contributed by atoms with Gasteiger partial charge in [-0.05, 0) is 30.3 Å². The van der Waals surface area contributed by atoms with Crippen molar-refractivity contribution in [1.82, 2.24) is 14.5 Å². The third kappa shape index (κ3) is 3.95. The number of aromatic nitrogens is 2. The van der Waals surface area contributed by atoms with Crippen LogP contribution in [0.4, 0.5) is 18.9 Å². The van der Waals surface area contributed by atoms with E-state index in [-0.39, 0.29) is 11.4 Å². The van der Waals surface area contributed by atoms with Crippen LogP contribution < -0.4 is 10.6 Å². The third-order valence-corrected chi connectivity index (χ3v) is 5.32. The Morgan fingerprint density at radius 1 is 1.00 bits per heavy atom. The summed E-state index contributed by atoms with van der Waals surface area (Å²) in [6.45, 7) is 3.60. The van der Waals surface area contributed by atoms with Crippen LogP contribution in [-0.4, -0.2) is 52.3 Å². The molecule has 6 nitrogen and oxygen atoms in total. The number of H-pyrrole nitrogens is 1. The quantitative estimate of drug-likeness (QED) is 0.700. The van der Waals surface area contributed by atoms with Crippen molar-refractivity contribution in [2.45, 2.75) is 12.7 Å². The van der Waals surface area contributed by atoms with Gasteiger partial charge in [-0.2, -0.15) is 13.2 Å². The van der Waals surface area contributed by atoms with Crippen LogP contribution in [0.25, 0.3) is 11.0 Å². The summed E-state index contributed by atoms with van der Waals surface area (Å²) in [5.41, 5.74) is 0.724. The number of phenols is 1. The zero-order valence-electron chi connectivity index (χ0n) is 15.6. The van der Waals surface area contributed by atoms with Crippen LogP contribution >= 0.6 is 0 Å². The molecule has 1 aliphatic rings. The Labute approximate surface area is 164 Å². The number of benzene rings is 2. The van der Waals surface area contributed by atoms with Crippen molar-refractivity contribution in [1.29, 1.82) is 0 Å². The van der Waals surface area contributed by atoms with E-state index in [0.717, 1.165) is 6.07 Å². The van der Waals surface area contributed by atoms with Crippen molar-refractivity contribution in [2.24, 2.45) is 0 Å². The average molecular weight is 406 g/mol. The molecule has 0 atom stereocenters. The molecular formula is C20H21F3N4O2. The Morgan fingerprint density at radius 2 is 1.72 bits per heavy atom. The minimum Gasteiger partial charge on any atom is -0.506 e. The number of aromatic amines is 1. The van der Waals surface area contributed by atoms with E-state index in [9.17, 15) is 23.1 Å². The minimum absolute atomic E-state index is 0.0511. The maximum Gasteiger partial charge on any atom is 0.416 e. The van der Waals surface area contributed by atoms with Gasteiger partial charge in [0.1, 0.15) is 11.3 Å². The van der Waals surface area contributed by atoms with Crippen molar-refractivity contribution < 1.29 is 18.3 Å². The predicted octanol–water partition coefficient (Wildman–Crippen LogP) is 2.88. The molecule has 0 radical (unpaired) electrons. The van der Waals surface area contributed by atoms with E-state index in [1.165, 1.54) is 16.7 Å². The third-order valence-electron chi connectivity index (χ3n) is 5.32. The first kappa shape index (κ1) is 19.4. The number of fused-ring (bicyclic) bond motifs is 1. The second-order valence-corrected chi connectivity index (χ2v) is 7.13. The molecule has 0 bridgehead atoms. The number of aromatic hydroxyl groups is 1. The van der Waals surface area contributed by atoms with Gasteiger partial charge in [-0.25, -0.2) is 4.79 Å². The molecule has 1 fully saturated rings. The van der Waals surface area contributed by atoms with Crippen LogP contribution in [0.1, 0.15) is 5.56 Å². The summed E-state index contributed by atoms with van der Waals surface area (Å²) in [4.78, 5) is 19.0. The van der Waals surface area contributed by atoms with Crippen LogP contribution in [0.15, 0.2) is 47.3 Å². The fraction of sp³-hybridized carbons (Fsp3) is 0.350. The number of hydrogen-bond donors (Lipinski definition) is 2. The normalized spacial score (nSPS) is 15.9. The summed E-state index contributed by atoms with van der Waals surface area (Å²) < 4.78 is 40.3. The van der Waals surface area contributed by atoms with Gasteiger partial charge in [-0.1, -0.05) is 12.1 Å². The number of para-hydroxylation sites is 1. The Balaban J connectivity index is 1.39. The molecule has 0 amide bonds. The number of imidazole rings is 1. The lowest BCUT2D eigenvalue weighted by Gasteiger charge is -2.36. The maximum atomic E-state index is 12.9. The number of anilines is 1. The van der Waals surface area contributed by atoms with Crippen molar-refractivity contribution >= 4 is 16.7 Å². The van der Waals surface area contributed by atoms with Crippen LogP contribution in [0.5, 0.6) is 5.75 Å². The molecule has 1 aliphatic heterocycles. The van der Waals surface area contributed by atoms with Gasteiger partial charge in [-0.15, -0.1) is 0 Å². The van der Waals surface area contributed by atoms with Crippen LogP contribution in [-0.2, 0) is 12.7 Å². The largest absolute Gasteiger partial charge is 0.506 e. The zero-order chi connectivity index (χ0) is 20.6. The topological polar surface area (TPSA) is 64.5 Å². The van der Waals surface area contributed by atoms with E-state index >= 15 is 0 Å². The molecule has 2 aromatic carbocycles. The Kier molecular flexibility index (Phi) is 4.99. The van der Waals surface area contributed by atoms with Gasteiger partial charge in [0.2, 0.25) is 0 Å². The lowest BCUT2D eigenvalue weighted by atomic mass is 10.1. The summed E-state index contributed by atoms with van der Waals surface area (Å²) in [5.74, 6) is 0.0511. The molecule has 0 unspecified atom stereocenters. The lowest BCUT2D eigenvalue weighted by molar-refractivity contribution is -0.137. The van der Waals surface area contributed by atoms with E-state index in [1.54, 1.807) is 24.3 Å². The van der Waals surface area contributed by atoms with Crippen molar-refractivity contribution in [3.63, 3.8) is 0 Å². The minimum atomic E-state index is -4.35. The molecule has 3 aromatic rings. The van der Waals surface area contributed by atoms with E-state index < -0.39 is 11.7 Å². The van der Waals surface area contributed by atoms with Gasteiger partial charge in [0.25, 0.3) is 0 Å². The van der Waals surface area contributed by atoms with E-state index in [0.29, 0.717) is 56.0 Å². The van der Waals surface area contributed by atoms with Gasteiger partial charge in [-0.3, -0.25) is 9.47 Å². The Bertz CT molecular complexity index is 1070. The summed E-state index contributed by atoms with van der Waals surface area (Å²) >= 11 is 0. The van der Waals surface area contributed by atoms with Crippen molar-refractivity contribution in [3.8, 4) is 5.75 Å². The smallest absolute Gasteiger partial charge is 0.416 e. The Hall–Kier alpha value is -2.94. The average Bonchev–Trinajstić information content (AvgIpc) is 3.02. The highest BCUT2D eigenvalue weighted by Crippen LogP contribution is 2.32. The van der Waals surface area contributed by atoms with E-state index in [2.05, 4.69) is 9.88 Å². The van der Waals surface area contributed by atoms with Gasteiger partial charge < -0.3 is 15.0 Å². The molecule has 1 aromatic heterocycles. The number of piperazine rings is 1. The number of hydrogen-bond acceptors (Lipinski definition) is 4. The number of nitrogens with one attached hydrogen (secondary N) is 1. The summed E-state index contributed by atoms with van der Waals surface area (Å²) in [5, 5.41) is 10.1. The van der Waals surface area contributed by atoms with E-state index in [4.69, 9.17) is 0 Å². The zero-order valence-corrected chi connectivity index (χ0v) is 15.6. The highest BCUT2D eigenvalue weighted by molar-refractivity contribution is 5.81. The second kappa shape index (κ2) is 7.47. The summed E-state index contributed by atoms with van der Waals surface area (Å²) in [6.07, 6.45) is -4.35. The predicted molar refractivity (Wildman–Crippen MR) is 104 cm³/mol. The number of nitrogens with zero attached hydrogens (tertiary/aromatic N) is 3. The molecule has 0 spiro atoms. The van der Waals surface area contributed by atoms with Crippen molar-refractivity contribution in [3.05, 3.63) is 58.5 Å². The van der Waals surface area contributed by atoms with Gasteiger partial charge in [0.05, 0.1) is 11.1 Å². The van der Waals surface area contributed by atoms with Gasteiger partial charge >= 0.3 is 11.9 Å². The number of alkyl halides is 3. The highest BCUT2D eigenvalue weighted by atomic mass is 19.4. The van der Waals surface area contributed by atoms with Gasteiger partial charge in [0, 0.05) is 45.0 Å². The molecule has 2 heterocycles. The first-order valence-electron chi connectivity index (χ1n) is 9.38. The van der Waals surface area contributed by atoms with Crippen LogP contribution in [0.3, 0.4) is 0 Å². The lowest BCUT2D eigenvalue weighted by Crippen LogP contribution is -2.47. The molecule has 0 saturated carbocycles. The summed E-state index contributed by atoms with van der Waals surface area (Å²) in [7, 11) is 0. The maximum absolute atomic E-state index is 12.9. The molecule has 2 N–H and O–H groups in total. The van der Waals surface area contributed by atoms with Gasteiger partial charge in [0.15, 0.2) is 0 Å². The SMILES string of the molecule is O=c1[nH]c2cccc(O)c2n1CCN1CCN(c2cccc(C(F)(F)F)c2)CC1. The number of halogens is 3. The molecule has 29 heavy (non-hydrogen) atoms. The van der Waals surface area contributed by atoms with Crippen molar-refractivity contribution in [2.75, 3.05) is 37.6 Å². The second-order valence-electron chi connectivity index (χ2n) is 7.13. The molecule has 9 heteroatoms. The molecule has 0 aliphatic carbocycles.